The van der Waals surface area contributed by atoms with E-state index in [1.807, 2.05) is 6.07 Å². The summed E-state index contributed by atoms with van der Waals surface area (Å²) in [5.41, 5.74) is 3.97. The zero-order chi connectivity index (χ0) is 25.5. The van der Waals surface area contributed by atoms with Gasteiger partial charge in [0.25, 0.3) is 0 Å². The summed E-state index contributed by atoms with van der Waals surface area (Å²) in [6.07, 6.45) is 13.2. The average Bonchev–Trinajstić information content (AvgIpc) is 3.24. The van der Waals surface area contributed by atoms with Crippen molar-refractivity contribution >= 4 is 0 Å². The molecule has 0 bridgehead atoms. The highest BCUT2D eigenvalue weighted by Gasteiger charge is 2.45. The minimum Gasteiger partial charge on any atom is -0.489 e. The van der Waals surface area contributed by atoms with Crippen LogP contribution in [0.1, 0.15) is 87.8 Å². The second-order valence-electron chi connectivity index (χ2n) is 11.6. The van der Waals surface area contributed by atoms with Crippen LogP contribution in [0.4, 0.5) is 0 Å². The van der Waals surface area contributed by atoms with Gasteiger partial charge in [-0.3, -0.25) is 0 Å². The van der Waals surface area contributed by atoms with Crippen LogP contribution in [0, 0.1) is 17.8 Å². The lowest BCUT2D eigenvalue weighted by Gasteiger charge is -2.33. The van der Waals surface area contributed by atoms with E-state index in [1.54, 1.807) is 0 Å². The Balaban J connectivity index is 1.21. The first kappa shape index (κ1) is 26.7. The number of benzene rings is 2. The van der Waals surface area contributed by atoms with Gasteiger partial charge in [0, 0.05) is 6.61 Å². The lowest BCUT2D eigenvalue weighted by Crippen LogP contribution is -2.30. The third-order valence-corrected chi connectivity index (χ3v) is 9.02. The van der Waals surface area contributed by atoms with Gasteiger partial charge >= 0.3 is 0 Å². The maximum absolute atomic E-state index is 11.2. The molecule has 6 unspecified atom stereocenters. The van der Waals surface area contributed by atoms with Crippen LogP contribution in [0.5, 0.6) is 5.75 Å². The second-order valence-corrected chi connectivity index (χ2v) is 11.6. The van der Waals surface area contributed by atoms with Crippen LogP contribution in [0.25, 0.3) is 0 Å². The number of unbranched alkanes of at least 4 members (excludes halogenated alkanes) is 2. The van der Waals surface area contributed by atoms with Crippen LogP contribution < -0.4 is 4.74 Å². The highest BCUT2D eigenvalue weighted by atomic mass is 16.7. The molecule has 1 heterocycles. The first-order valence-electron chi connectivity index (χ1n) is 14.9. The van der Waals surface area contributed by atoms with Crippen molar-refractivity contribution in [3.8, 4) is 5.75 Å². The van der Waals surface area contributed by atoms with E-state index in [9.17, 15) is 5.11 Å². The van der Waals surface area contributed by atoms with E-state index in [4.69, 9.17) is 14.2 Å². The number of ether oxygens (including phenoxy) is 3. The molecule has 1 aliphatic heterocycles. The smallest absolute Gasteiger partial charge is 0.157 e. The first-order valence-corrected chi connectivity index (χ1v) is 14.9. The molecule has 0 aromatic heterocycles. The molecule has 37 heavy (non-hydrogen) atoms. The van der Waals surface area contributed by atoms with Gasteiger partial charge in [0.2, 0.25) is 0 Å². The Morgan fingerprint density at radius 1 is 1.00 bits per heavy atom. The van der Waals surface area contributed by atoms with Crippen molar-refractivity contribution in [3.05, 3.63) is 65.2 Å². The van der Waals surface area contributed by atoms with E-state index in [0.717, 1.165) is 63.7 Å². The third kappa shape index (κ3) is 6.96. The van der Waals surface area contributed by atoms with Gasteiger partial charge in [-0.15, -0.1) is 0 Å². The van der Waals surface area contributed by atoms with E-state index in [2.05, 4.69) is 49.4 Å². The average molecular weight is 507 g/mol. The Labute approximate surface area is 223 Å². The first-order chi connectivity index (χ1) is 18.2. The highest BCUT2D eigenvalue weighted by Crippen LogP contribution is 2.48. The van der Waals surface area contributed by atoms with Crippen molar-refractivity contribution in [2.75, 3.05) is 6.61 Å². The molecule has 2 fully saturated rings. The summed E-state index contributed by atoms with van der Waals surface area (Å²) < 4.78 is 18.7. The van der Waals surface area contributed by atoms with Crippen molar-refractivity contribution in [1.29, 1.82) is 0 Å². The molecule has 0 radical (unpaired) electrons. The van der Waals surface area contributed by atoms with Gasteiger partial charge in [-0.1, -0.05) is 68.7 Å². The Bertz CT molecular complexity index is 954. The fraction of sp³-hybridized carbons (Fsp3) is 0.636. The Morgan fingerprint density at radius 3 is 2.70 bits per heavy atom. The van der Waals surface area contributed by atoms with Crippen molar-refractivity contribution in [2.45, 2.75) is 109 Å². The standard InChI is InChI=1S/C33H46O4/c1-2-3-5-14-27(37-33-16-8-9-19-35-33)17-18-28-29-20-25-13-10-15-32(30(25)21-26(29)22-31(28)34)36-23-24-11-6-4-7-12-24/h4,6-7,10-13,15,26-29,31,33-34H,2-3,5,8-9,14,16-23H2,1H3. The normalized spacial score (nSPS) is 27.9. The molecule has 1 saturated carbocycles. The zero-order valence-corrected chi connectivity index (χ0v) is 22.7. The fourth-order valence-corrected chi connectivity index (χ4v) is 6.99. The zero-order valence-electron chi connectivity index (χ0n) is 22.7. The Kier molecular flexibility index (Phi) is 9.58. The van der Waals surface area contributed by atoms with Crippen LogP contribution in [0.3, 0.4) is 0 Å². The molecule has 4 nitrogen and oxygen atoms in total. The van der Waals surface area contributed by atoms with E-state index >= 15 is 0 Å². The molecule has 4 heteroatoms. The van der Waals surface area contributed by atoms with Crippen LogP contribution in [0.15, 0.2) is 48.5 Å². The largest absolute Gasteiger partial charge is 0.489 e. The third-order valence-electron chi connectivity index (χ3n) is 9.02. The van der Waals surface area contributed by atoms with Gasteiger partial charge in [-0.05, 0) is 98.3 Å². The van der Waals surface area contributed by atoms with Crippen molar-refractivity contribution < 1.29 is 19.3 Å². The Morgan fingerprint density at radius 2 is 1.89 bits per heavy atom. The molecule has 0 spiro atoms. The van der Waals surface area contributed by atoms with Crippen molar-refractivity contribution in [3.63, 3.8) is 0 Å². The molecule has 1 N–H and O–H groups in total. The van der Waals surface area contributed by atoms with Gasteiger partial charge in [0.1, 0.15) is 12.4 Å². The maximum atomic E-state index is 11.2. The van der Waals surface area contributed by atoms with E-state index in [0.29, 0.717) is 24.4 Å². The van der Waals surface area contributed by atoms with Gasteiger partial charge in [-0.25, -0.2) is 0 Å². The van der Waals surface area contributed by atoms with E-state index in [-0.39, 0.29) is 18.5 Å². The minimum atomic E-state index is -0.208. The summed E-state index contributed by atoms with van der Waals surface area (Å²) in [6.45, 7) is 3.68. The molecule has 2 aliphatic carbocycles. The second kappa shape index (κ2) is 13.3. The summed E-state index contributed by atoms with van der Waals surface area (Å²) in [5.74, 6) is 2.47. The number of fused-ring (bicyclic) bond motifs is 2. The lowest BCUT2D eigenvalue weighted by molar-refractivity contribution is -0.191. The number of hydrogen-bond donors (Lipinski definition) is 1. The summed E-state index contributed by atoms with van der Waals surface area (Å²) in [6, 6.07) is 16.9. The van der Waals surface area contributed by atoms with Crippen LogP contribution in [-0.4, -0.2) is 30.2 Å². The molecule has 6 atom stereocenters. The van der Waals surface area contributed by atoms with Gasteiger partial charge in [-0.2, -0.15) is 0 Å². The molecular formula is C33H46O4. The van der Waals surface area contributed by atoms with Crippen molar-refractivity contribution in [1.82, 2.24) is 0 Å². The molecule has 1 saturated heterocycles. The van der Waals surface area contributed by atoms with Crippen LogP contribution in [-0.2, 0) is 28.9 Å². The number of hydrogen-bond acceptors (Lipinski definition) is 4. The predicted molar refractivity (Wildman–Crippen MR) is 148 cm³/mol. The molecule has 5 rings (SSSR count). The highest BCUT2D eigenvalue weighted by molar-refractivity contribution is 5.43. The fourth-order valence-electron chi connectivity index (χ4n) is 6.99. The van der Waals surface area contributed by atoms with Gasteiger partial charge in [0.05, 0.1) is 12.2 Å². The quantitative estimate of drug-likeness (QED) is 0.308. The van der Waals surface area contributed by atoms with Crippen molar-refractivity contribution in [2.24, 2.45) is 17.8 Å². The summed E-state index contributed by atoms with van der Waals surface area (Å²) in [5, 5.41) is 11.2. The van der Waals surface area contributed by atoms with Crippen LogP contribution >= 0.6 is 0 Å². The predicted octanol–water partition coefficient (Wildman–Crippen LogP) is 7.25. The molecule has 2 aromatic rings. The number of rotatable bonds is 12. The maximum Gasteiger partial charge on any atom is 0.157 e. The molecular weight excluding hydrogens is 460 g/mol. The summed E-state index contributed by atoms with van der Waals surface area (Å²) in [4.78, 5) is 0. The molecule has 0 amide bonds. The van der Waals surface area contributed by atoms with E-state index in [1.165, 1.54) is 42.4 Å². The van der Waals surface area contributed by atoms with Crippen LogP contribution in [0.2, 0.25) is 0 Å². The minimum absolute atomic E-state index is 0.0301. The molecule has 2 aromatic carbocycles. The van der Waals surface area contributed by atoms with E-state index < -0.39 is 0 Å². The monoisotopic (exact) mass is 506 g/mol. The molecule has 202 valence electrons. The van der Waals surface area contributed by atoms with Gasteiger partial charge < -0.3 is 19.3 Å². The number of aliphatic hydroxyl groups is 1. The molecule has 3 aliphatic rings. The summed E-state index contributed by atoms with van der Waals surface area (Å²) in [7, 11) is 0. The number of aliphatic hydroxyl groups excluding tert-OH is 1. The Hall–Kier alpha value is -1.88. The SMILES string of the molecule is CCCCCC(CCC1C(O)CC2Cc3c(cccc3OCc3ccccc3)CC21)OC1CCCCO1. The topological polar surface area (TPSA) is 47.9 Å². The van der Waals surface area contributed by atoms with Gasteiger partial charge in [0.15, 0.2) is 6.29 Å². The lowest BCUT2D eigenvalue weighted by atomic mass is 9.73. The summed E-state index contributed by atoms with van der Waals surface area (Å²) >= 11 is 0.